The van der Waals surface area contributed by atoms with Crippen molar-refractivity contribution in [1.82, 2.24) is 15.5 Å². The Bertz CT molecular complexity index is 1050. The third-order valence-corrected chi connectivity index (χ3v) is 7.17. The number of ether oxygens (including phenoxy) is 1. The summed E-state index contributed by atoms with van der Waals surface area (Å²) in [7, 11) is 0. The molecule has 1 saturated carbocycles. The average Bonchev–Trinajstić information content (AvgIpc) is 3.05. The predicted octanol–water partition coefficient (Wildman–Crippen LogP) is 3.15. The van der Waals surface area contributed by atoms with Crippen LogP contribution in [-0.2, 0) is 20.8 Å². The van der Waals surface area contributed by atoms with Gasteiger partial charge in [0.2, 0.25) is 17.7 Å². The topological polar surface area (TPSA) is 114 Å². The van der Waals surface area contributed by atoms with E-state index in [0.717, 1.165) is 49.8 Å². The Morgan fingerprint density at radius 3 is 2.46 bits per heavy atom. The van der Waals surface area contributed by atoms with Crippen molar-refractivity contribution in [3.63, 3.8) is 0 Å². The van der Waals surface area contributed by atoms with Crippen LogP contribution in [0.25, 0.3) is 0 Å². The molecule has 4 N–H and O–H groups in total. The average molecular weight is 507 g/mol. The first-order chi connectivity index (χ1) is 18.0. The van der Waals surface area contributed by atoms with Gasteiger partial charge < -0.3 is 26.0 Å². The summed E-state index contributed by atoms with van der Waals surface area (Å²) in [5.74, 6) is 1.26. The van der Waals surface area contributed by atoms with Crippen LogP contribution in [0.5, 0.6) is 11.5 Å². The van der Waals surface area contributed by atoms with Crippen molar-refractivity contribution in [2.24, 2.45) is 11.7 Å². The van der Waals surface area contributed by atoms with E-state index in [1.165, 1.54) is 0 Å². The number of nitrogens with zero attached hydrogens (tertiary/aromatic N) is 1. The molecule has 0 aromatic heterocycles. The minimum absolute atomic E-state index is 0.0241. The smallest absolute Gasteiger partial charge is 0.245 e. The van der Waals surface area contributed by atoms with Crippen molar-refractivity contribution in [2.75, 3.05) is 19.6 Å². The summed E-state index contributed by atoms with van der Waals surface area (Å²) in [6.45, 7) is 1.17. The van der Waals surface area contributed by atoms with Crippen LogP contribution < -0.4 is 21.1 Å². The fourth-order valence-corrected chi connectivity index (χ4v) is 5.05. The molecule has 1 heterocycles. The standard InChI is InChI=1S/C29H38N4O4/c30-23-14-12-21(13-15-23)19-31-28(35)20-33-16-5-4-11-26(29(33)36)32-27(34)18-22-7-6-10-25(17-22)37-24-8-2-1-3-9-24/h1-3,6-10,17,21,23,26H,4-5,11-16,18-20,30H2,(H,31,35)(H,32,34). The fourth-order valence-electron chi connectivity index (χ4n) is 5.05. The maximum atomic E-state index is 13.2. The molecule has 1 aliphatic heterocycles. The zero-order valence-electron chi connectivity index (χ0n) is 21.4. The van der Waals surface area contributed by atoms with E-state index in [2.05, 4.69) is 10.6 Å². The van der Waals surface area contributed by atoms with Gasteiger partial charge in [0.1, 0.15) is 17.5 Å². The van der Waals surface area contributed by atoms with Gasteiger partial charge in [0.15, 0.2) is 0 Å². The Morgan fingerprint density at radius 2 is 1.68 bits per heavy atom. The molecule has 4 rings (SSSR count). The summed E-state index contributed by atoms with van der Waals surface area (Å²) < 4.78 is 5.86. The van der Waals surface area contributed by atoms with E-state index >= 15 is 0 Å². The molecule has 0 radical (unpaired) electrons. The number of hydrogen-bond donors (Lipinski definition) is 3. The van der Waals surface area contributed by atoms with E-state index in [-0.39, 0.29) is 36.7 Å². The maximum absolute atomic E-state index is 13.2. The number of hydrogen-bond acceptors (Lipinski definition) is 5. The van der Waals surface area contributed by atoms with Gasteiger partial charge in [-0.15, -0.1) is 0 Å². The number of benzene rings is 2. The Kier molecular flexibility index (Phi) is 9.54. The quantitative estimate of drug-likeness (QED) is 0.484. The van der Waals surface area contributed by atoms with E-state index < -0.39 is 6.04 Å². The predicted molar refractivity (Wildman–Crippen MR) is 142 cm³/mol. The summed E-state index contributed by atoms with van der Waals surface area (Å²) in [5, 5.41) is 5.90. The molecular formula is C29H38N4O4. The molecule has 2 aliphatic rings. The van der Waals surface area contributed by atoms with Crippen LogP contribution in [0.3, 0.4) is 0 Å². The monoisotopic (exact) mass is 506 g/mol. The third kappa shape index (κ3) is 8.32. The fraction of sp³-hybridized carbons (Fsp3) is 0.483. The molecule has 3 amide bonds. The molecular weight excluding hydrogens is 468 g/mol. The Balaban J connectivity index is 1.26. The lowest BCUT2D eigenvalue weighted by Crippen LogP contribution is -2.50. The minimum Gasteiger partial charge on any atom is -0.457 e. The number of amides is 3. The van der Waals surface area contributed by atoms with Gasteiger partial charge in [-0.2, -0.15) is 0 Å². The van der Waals surface area contributed by atoms with Gasteiger partial charge in [-0.3, -0.25) is 14.4 Å². The van der Waals surface area contributed by atoms with Crippen molar-refractivity contribution in [3.8, 4) is 11.5 Å². The summed E-state index contributed by atoms with van der Waals surface area (Å²) >= 11 is 0. The van der Waals surface area contributed by atoms with Gasteiger partial charge >= 0.3 is 0 Å². The number of nitrogens with one attached hydrogen (secondary N) is 2. The van der Waals surface area contributed by atoms with E-state index in [0.29, 0.717) is 31.2 Å². The number of carbonyl (C=O) groups excluding carboxylic acids is 3. The maximum Gasteiger partial charge on any atom is 0.245 e. The molecule has 1 aliphatic carbocycles. The highest BCUT2D eigenvalue weighted by Crippen LogP contribution is 2.23. The number of rotatable bonds is 9. The second-order valence-electron chi connectivity index (χ2n) is 10.2. The van der Waals surface area contributed by atoms with Crippen molar-refractivity contribution < 1.29 is 19.1 Å². The van der Waals surface area contributed by atoms with Gasteiger partial charge in [-0.25, -0.2) is 0 Å². The second-order valence-corrected chi connectivity index (χ2v) is 10.2. The van der Waals surface area contributed by atoms with Gasteiger partial charge in [-0.05, 0) is 80.7 Å². The molecule has 1 atom stereocenters. The Morgan fingerprint density at radius 1 is 0.919 bits per heavy atom. The molecule has 1 saturated heterocycles. The highest BCUT2D eigenvalue weighted by atomic mass is 16.5. The lowest BCUT2D eigenvalue weighted by Gasteiger charge is -2.27. The van der Waals surface area contributed by atoms with Crippen LogP contribution in [0.4, 0.5) is 0 Å². The normalized spacial score (nSPS) is 22.1. The van der Waals surface area contributed by atoms with E-state index in [1.54, 1.807) is 4.90 Å². The van der Waals surface area contributed by atoms with Gasteiger partial charge in [0, 0.05) is 19.1 Å². The summed E-state index contributed by atoms with van der Waals surface area (Å²) in [4.78, 5) is 40.2. The molecule has 198 valence electrons. The Hall–Kier alpha value is -3.39. The van der Waals surface area contributed by atoms with Crippen molar-refractivity contribution in [3.05, 3.63) is 60.2 Å². The second kappa shape index (κ2) is 13.2. The van der Waals surface area contributed by atoms with Gasteiger partial charge in [0.05, 0.1) is 13.0 Å². The molecule has 1 unspecified atom stereocenters. The Labute approximate surface area is 218 Å². The number of nitrogens with two attached hydrogens (primary N) is 1. The molecule has 8 nitrogen and oxygen atoms in total. The molecule has 0 spiro atoms. The minimum atomic E-state index is -0.619. The van der Waals surface area contributed by atoms with E-state index in [4.69, 9.17) is 10.5 Å². The van der Waals surface area contributed by atoms with Crippen LogP contribution >= 0.6 is 0 Å². The van der Waals surface area contributed by atoms with Crippen LogP contribution in [0.1, 0.15) is 50.5 Å². The molecule has 37 heavy (non-hydrogen) atoms. The zero-order valence-corrected chi connectivity index (χ0v) is 21.4. The highest BCUT2D eigenvalue weighted by molar-refractivity contribution is 5.91. The van der Waals surface area contributed by atoms with Gasteiger partial charge in [0.25, 0.3) is 0 Å². The molecule has 8 heteroatoms. The summed E-state index contributed by atoms with van der Waals surface area (Å²) in [5.41, 5.74) is 6.76. The van der Waals surface area contributed by atoms with Gasteiger partial charge in [-0.1, -0.05) is 30.3 Å². The van der Waals surface area contributed by atoms with E-state index in [9.17, 15) is 14.4 Å². The van der Waals surface area contributed by atoms with Crippen molar-refractivity contribution in [1.29, 1.82) is 0 Å². The number of para-hydroxylation sites is 1. The van der Waals surface area contributed by atoms with Crippen molar-refractivity contribution >= 4 is 17.7 Å². The first-order valence-electron chi connectivity index (χ1n) is 13.4. The SMILES string of the molecule is NC1CCC(CNC(=O)CN2CCCCC(NC(=O)Cc3cccc(Oc4ccccc4)c3)C2=O)CC1. The van der Waals surface area contributed by atoms with Crippen LogP contribution in [0.2, 0.25) is 0 Å². The van der Waals surface area contributed by atoms with Crippen LogP contribution in [0, 0.1) is 5.92 Å². The van der Waals surface area contributed by atoms with Crippen LogP contribution in [-0.4, -0.2) is 54.3 Å². The molecule has 2 aromatic carbocycles. The molecule has 2 aromatic rings. The lowest BCUT2D eigenvalue weighted by atomic mass is 9.86. The van der Waals surface area contributed by atoms with Crippen molar-refractivity contribution in [2.45, 2.75) is 63.5 Å². The zero-order chi connectivity index (χ0) is 26.0. The van der Waals surface area contributed by atoms with Crippen LogP contribution in [0.15, 0.2) is 54.6 Å². The molecule has 2 fully saturated rings. The number of likely N-dealkylation sites (tertiary alicyclic amines) is 1. The third-order valence-electron chi connectivity index (χ3n) is 7.17. The lowest BCUT2D eigenvalue weighted by molar-refractivity contribution is -0.138. The molecule has 0 bridgehead atoms. The highest BCUT2D eigenvalue weighted by Gasteiger charge is 2.29. The van der Waals surface area contributed by atoms with E-state index in [1.807, 2.05) is 54.6 Å². The first kappa shape index (κ1) is 26.7. The summed E-state index contributed by atoms with van der Waals surface area (Å²) in [6.07, 6.45) is 6.39. The largest absolute Gasteiger partial charge is 0.457 e. The first-order valence-corrected chi connectivity index (χ1v) is 13.4. The summed E-state index contributed by atoms with van der Waals surface area (Å²) in [6, 6.07) is 16.5. The number of carbonyl (C=O) groups is 3.